The van der Waals surface area contributed by atoms with Crippen LogP contribution in [0.2, 0.25) is 0 Å². The SMILES string of the molecule is C=CCNC(=O)[C@@H](C)Oc1cccc(C)c1C. The van der Waals surface area contributed by atoms with Gasteiger partial charge < -0.3 is 10.1 Å². The van der Waals surface area contributed by atoms with E-state index in [-0.39, 0.29) is 5.91 Å². The van der Waals surface area contributed by atoms with Crippen LogP contribution in [0.3, 0.4) is 0 Å². The molecule has 92 valence electrons. The molecule has 17 heavy (non-hydrogen) atoms. The van der Waals surface area contributed by atoms with Gasteiger partial charge in [-0.2, -0.15) is 0 Å². The van der Waals surface area contributed by atoms with Crippen molar-refractivity contribution >= 4 is 5.91 Å². The first-order valence-corrected chi connectivity index (χ1v) is 5.67. The lowest BCUT2D eigenvalue weighted by molar-refractivity contribution is -0.127. The summed E-state index contributed by atoms with van der Waals surface area (Å²) in [7, 11) is 0. The molecule has 3 nitrogen and oxygen atoms in total. The smallest absolute Gasteiger partial charge is 0.261 e. The van der Waals surface area contributed by atoms with Crippen molar-refractivity contribution < 1.29 is 9.53 Å². The van der Waals surface area contributed by atoms with E-state index in [2.05, 4.69) is 11.9 Å². The van der Waals surface area contributed by atoms with E-state index in [0.29, 0.717) is 6.54 Å². The van der Waals surface area contributed by atoms with Crippen LogP contribution in [0.15, 0.2) is 30.9 Å². The van der Waals surface area contributed by atoms with Gasteiger partial charge in [-0.3, -0.25) is 4.79 Å². The van der Waals surface area contributed by atoms with Crippen LogP contribution in [-0.2, 0) is 4.79 Å². The van der Waals surface area contributed by atoms with Crippen molar-refractivity contribution in [1.29, 1.82) is 0 Å². The maximum absolute atomic E-state index is 11.6. The van der Waals surface area contributed by atoms with Gasteiger partial charge in [0.25, 0.3) is 5.91 Å². The number of hydrogen-bond donors (Lipinski definition) is 1. The molecule has 0 saturated carbocycles. The van der Waals surface area contributed by atoms with Crippen LogP contribution < -0.4 is 10.1 Å². The molecule has 0 aliphatic heterocycles. The van der Waals surface area contributed by atoms with Crippen LogP contribution in [0.4, 0.5) is 0 Å². The van der Waals surface area contributed by atoms with Gasteiger partial charge in [0.1, 0.15) is 5.75 Å². The Morgan fingerprint density at radius 1 is 1.53 bits per heavy atom. The molecule has 0 unspecified atom stereocenters. The number of hydrogen-bond acceptors (Lipinski definition) is 2. The Hall–Kier alpha value is -1.77. The summed E-state index contributed by atoms with van der Waals surface area (Å²) >= 11 is 0. The van der Waals surface area contributed by atoms with E-state index < -0.39 is 6.10 Å². The van der Waals surface area contributed by atoms with Crippen LogP contribution in [-0.4, -0.2) is 18.6 Å². The number of nitrogens with one attached hydrogen (secondary N) is 1. The summed E-state index contributed by atoms with van der Waals surface area (Å²) in [6.07, 6.45) is 1.14. The fourth-order valence-corrected chi connectivity index (χ4v) is 1.41. The Kier molecular flexibility index (Phi) is 4.76. The Labute approximate surface area is 102 Å². The predicted molar refractivity (Wildman–Crippen MR) is 69.2 cm³/mol. The first-order valence-electron chi connectivity index (χ1n) is 5.67. The Morgan fingerprint density at radius 3 is 2.88 bits per heavy atom. The molecular weight excluding hydrogens is 214 g/mol. The van der Waals surface area contributed by atoms with Crippen molar-refractivity contribution in [2.75, 3.05) is 6.54 Å². The van der Waals surface area contributed by atoms with E-state index in [1.165, 1.54) is 0 Å². The maximum Gasteiger partial charge on any atom is 0.261 e. The summed E-state index contributed by atoms with van der Waals surface area (Å²) in [4.78, 5) is 11.6. The lowest BCUT2D eigenvalue weighted by atomic mass is 10.1. The minimum atomic E-state index is -0.504. The number of ether oxygens (including phenoxy) is 1. The number of aryl methyl sites for hydroxylation is 1. The van der Waals surface area contributed by atoms with E-state index in [9.17, 15) is 4.79 Å². The molecule has 1 rings (SSSR count). The molecule has 0 heterocycles. The zero-order valence-corrected chi connectivity index (χ0v) is 10.6. The largest absolute Gasteiger partial charge is 0.481 e. The van der Waals surface area contributed by atoms with E-state index in [1.54, 1.807) is 13.0 Å². The summed E-state index contributed by atoms with van der Waals surface area (Å²) < 4.78 is 5.64. The van der Waals surface area contributed by atoms with Gasteiger partial charge in [-0.05, 0) is 38.0 Å². The summed E-state index contributed by atoms with van der Waals surface area (Å²) in [5.41, 5.74) is 2.22. The molecule has 0 spiro atoms. The second-order valence-corrected chi connectivity index (χ2v) is 3.99. The second-order valence-electron chi connectivity index (χ2n) is 3.99. The van der Waals surface area contributed by atoms with Gasteiger partial charge >= 0.3 is 0 Å². The first-order chi connectivity index (χ1) is 8.06. The van der Waals surface area contributed by atoms with Crippen LogP contribution >= 0.6 is 0 Å². The monoisotopic (exact) mass is 233 g/mol. The first kappa shape index (κ1) is 13.3. The highest BCUT2D eigenvalue weighted by Gasteiger charge is 2.14. The van der Waals surface area contributed by atoms with Gasteiger partial charge in [0.05, 0.1) is 0 Å². The predicted octanol–water partition coefficient (Wildman–Crippen LogP) is 2.37. The molecular formula is C14H19NO2. The van der Waals surface area contributed by atoms with Crippen LogP contribution in [0.1, 0.15) is 18.1 Å². The van der Waals surface area contributed by atoms with Gasteiger partial charge in [0, 0.05) is 6.54 Å². The molecule has 1 N–H and O–H groups in total. The fraction of sp³-hybridized carbons (Fsp3) is 0.357. The number of amides is 1. The molecule has 1 amide bonds. The molecule has 0 aliphatic carbocycles. The lowest BCUT2D eigenvalue weighted by Gasteiger charge is -2.16. The van der Waals surface area contributed by atoms with Gasteiger partial charge in [-0.1, -0.05) is 18.2 Å². The molecule has 1 aromatic rings. The number of carbonyl (C=O) groups excluding carboxylic acids is 1. The highest BCUT2D eigenvalue weighted by molar-refractivity contribution is 5.80. The number of rotatable bonds is 5. The Balaban J connectivity index is 2.67. The van der Waals surface area contributed by atoms with Crippen molar-refractivity contribution in [3.63, 3.8) is 0 Å². The topological polar surface area (TPSA) is 38.3 Å². The summed E-state index contributed by atoms with van der Waals surface area (Å²) in [5, 5.41) is 2.70. The van der Waals surface area contributed by atoms with Crippen LogP contribution in [0.25, 0.3) is 0 Å². The molecule has 0 fully saturated rings. The molecule has 0 saturated heterocycles. The van der Waals surface area contributed by atoms with Crippen LogP contribution in [0.5, 0.6) is 5.75 Å². The molecule has 1 aromatic carbocycles. The van der Waals surface area contributed by atoms with Crippen molar-refractivity contribution in [2.45, 2.75) is 26.9 Å². The normalized spacial score (nSPS) is 11.7. The van der Waals surface area contributed by atoms with E-state index in [1.807, 2.05) is 32.0 Å². The minimum absolute atomic E-state index is 0.134. The highest BCUT2D eigenvalue weighted by Crippen LogP contribution is 2.21. The third kappa shape index (κ3) is 3.63. The minimum Gasteiger partial charge on any atom is -0.481 e. The van der Waals surface area contributed by atoms with E-state index >= 15 is 0 Å². The molecule has 0 aliphatic rings. The third-order valence-electron chi connectivity index (χ3n) is 2.65. The van der Waals surface area contributed by atoms with Crippen molar-refractivity contribution in [3.05, 3.63) is 42.0 Å². The van der Waals surface area contributed by atoms with Gasteiger partial charge in [0.2, 0.25) is 0 Å². The standard InChI is InChI=1S/C14H19NO2/c1-5-9-15-14(16)12(4)17-13-8-6-7-10(2)11(13)3/h5-8,12H,1,9H2,2-4H3,(H,15,16)/t12-/m1/s1. The number of benzene rings is 1. The Bertz CT molecular complexity index is 413. The highest BCUT2D eigenvalue weighted by atomic mass is 16.5. The Morgan fingerprint density at radius 2 is 2.24 bits per heavy atom. The molecule has 3 heteroatoms. The average Bonchev–Trinajstić information content (AvgIpc) is 2.31. The molecule has 0 radical (unpaired) electrons. The summed E-state index contributed by atoms with van der Waals surface area (Å²) in [6, 6.07) is 5.82. The lowest BCUT2D eigenvalue weighted by Crippen LogP contribution is -2.36. The zero-order valence-electron chi connectivity index (χ0n) is 10.6. The zero-order chi connectivity index (χ0) is 12.8. The molecule has 0 bridgehead atoms. The summed E-state index contributed by atoms with van der Waals surface area (Å²) in [6.45, 7) is 9.74. The fourth-order valence-electron chi connectivity index (χ4n) is 1.41. The third-order valence-corrected chi connectivity index (χ3v) is 2.65. The van der Waals surface area contributed by atoms with Crippen molar-refractivity contribution in [1.82, 2.24) is 5.32 Å². The second kappa shape index (κ2) is 6.09. The van der Waals surface area contributed by atoms with Crippen molar-refractivity contribution in [2.24, 2.45) is 0 Å². The molecule has 0 aromatic heterocycles. The van der Waals surface area contributed by atoms with Gasteiger partial charge in [-0.15, -0.1) is 6.58 Å². The van der Waals surface area contributed by atoms with Crippen molar-refractivity contribution in [3.8, 4) is 5.75 Å². The van der Waals surface area contributed by atoms with Gasteiger partial charge in [-0.25, -0.2) is 0 Å². The molecule has 1 atom stereocenters. The summed E-state index contributed by atoms with van der Waals surface area (Å²) in [5.74, 6) is 0.622. The van der Waals surface area contributed by atoms with E-state index in [4.69, 9.17) is 4.74 Å². The van der Waals surface area contributed by atoms with Gasteiger partial charge in [0.15, 0.2) is 6.10 Å². The van der Waals surface area contributed by atoms with E-state index in [0.717, 1.165) is 16.9 Å². The quantitative estimate of drug-likeness (QED) is 0.793. The number of carbonyl (C=O) groups is 1. The van der Waals surface area contributed by atoms with Crippen LogP contribution in [0, 0.1) is 13.8 Å². The maximum atomic E-state index is 11.6. The average molecular weight is 233 g/mol.